The third-order valence-corrected chi connectivity index (χ3v) is 13.7. The molecule has 14 heteroatoms. The van der Waals surface area contributed by atoms with Crippen molar-refractivity contribution in [1.29, 1.82) is 0 Å². The number of ether oxygens (including phenoxy) is 1. The quantitative estimate of drug-likeness (QED) is 0.122. The Hall–Kier alpha value is -4.27. The highest BCUT2D eigenvalue weighted by Gasteiger charge is 2.57. The largest absolute Gasteiger partial charge is 0.494 e. The van der Waals surface area contributed by atoms with E-state index in [1.807, 2.05) is 33.9 Å². The molecule has 49 heavy (non-hydrogen) atoms. The molecule has 3 aromatic heterocycles. The summed E-state index contributed by atoms with van der Waals surface area (Å²) in [5.74, 6) is -1.16. The first-order chi connectivity index (χ1) is 22.7. The summed E-state index contributed by atoms with van der Waals surface area (Å²) in [5, 5.41) is 20.0. The van der Waals surface area contributed by atoms with Crippen molar-refractivity contribution >= 4 is 19.2 Å². The molecule has 1 N–H and O–H groups in total. The van der Waals surface area contributed by atoms with Gasteiger partial charge in [-0.3, -0.25) is 4.98 Å². The van der Waals surface area contributed by atoms with Gasteiger partial charge in [0.25, 0.3) is 0 Å². The zero-order valence-electron chi connectivity index (χ0n) is 28.4. The number of hydrogen-bond acceptors (Lipinski definition) is 7. The highest BCUT2D eigenvalue weighted by molar-refractivity contribution is 6.74. The molecule has 2 aromatic carbocycles. The maximum atomic E-state index is 16.5. The topological polar surface area (TPSA) is 95.2 Å². The van der Waals surface area contributed by atoms with Gasteiger partial charge in [-0.05, 0) is 80.5 Å². The van der Waals surface area contributed by atoms with Crippen LogP contribution in [0.5, 0.6) is 5.75 Å². The lowest BCUT2D eigenvalue weighted by molar-refractivity contribution is -0.274. The van der Waals surface area contributed by atoms with Crippen molar-refractivity contribution in [3.63, 3.8) is 0 Å². The van der Waals surface area contributed by atoms with Crippen molar-refractivity contribution in [2.75, 3.05) is 7.11 Å². The number of fused-ring (bicyclic) bond motifs is 1. The van der Waals surface area contributed by atoms with Crippen molar-refractivity contribution in [3.8, 4) is 28.3 Å². The first kappa shape index (κ1) is 36.0. The highest BCUT2D eigenvalue weighted by Crippen LogP contribution is 2.46. The lowest BCUT2D eigenvalue weighted by atomic mass is 9.90. The lowest BCUT2D eigenvalue weighted by Gasteiger charge is -2.43. The number of nitrogens with zero attached hydrogens (tertiary/aromatic N) is 5. The van der Waals surface area contributed by atoms with Crippen LogP contribution in [-0.4, -0.2) is 51.7 Å². The number of rotatable bonds is 9. The van der Waals surface area contributed by atoms with Crippen molar-refractivity contribution in [2.45, 2.75) is 76.7 Å². The second-order valence-corrected chi connectivity index (χ2v) is 18.7. The third kappa shape index (κ3) is 6.94. The number of methoxy groups -OCH3 is 1. The van der Waals surface area contributed by atoms with E-state index in [0.29, 0.717) is 22.2 Å². The van der Waals surface area contributed by atoms with Gasteiger partial charge in [0.2, 0.25) is 5.60 Å². The van der Waals surface area contributed by atoms with Crippen LogP contribution in [0.4, 0.5) is 22.0 Å². The van der Waals surface area contributed by atoms with Crippen molar-refractivity contribution < 1.29 is 36.2 Å². The second-order valence-electron chi connectivity index (χ2n) is 14.0. The van der Waals surface area contributed by atoms with Gasteiger partial charge in [-0.1, -0.05) is 32.1 Å². The van der Waals surface area contributed by atoms with Crippen LogP contribution in [0.2, 0.25) is 18.1 Å². The molecule has 0 aliphatic rings. The molecule has 5 rings (SSSR count). The van der Waals surface area contributed by atoms with Crippen molar-refractivity contribution in [3.05, 3.63) is 89.9 Å². The fourth-order valence-corrected chi connectivity index (χ4v) is 7.04. The Kier molecular flexibility index (Phi) is 9.23. The molecule has 1 unspecified atom stereocenters. The van der Waals surface area contributed by atoms with E-state index in [1.165, 1.54) is 25.4 Å². The van der Waals surface area contributed by atoms with E-state index in [4.69, 9.17) is 9.16 Å². The normalized spacial score (nSPS) is 14.2. The number of benzene rings is 2. The van der Waals surface area contributed by atoms with Gasteiger partial charge < -0.3 is 14.3 Å². The molecule has 5 aromatic rings. The zero-order chi connectivity index (χ0) is 36.2. The Morgan fingerprint density at radius 3 is 2.20 bits per heavy atom. The molecule has 260 valence electrons. The van der Waals surface area contributed by atoms with Crippen LogP contribution in [0.3, 0.4) is 0 Å². The Balaban J connectivity index is 1.65. The summed E-state index contributed by atoms with van der Waals surface area (Å²) in [6, 6.07) is 12.3. The smallest absolute Gasteiger partial charge is 0.424 e. The number of aliphatic hydroxyl groups is 1. The number of hydrogen-bond donors (Lipinski definition) is 1. The van der Waals surface area contributed by atoms with E-state index in [0.717, 1.165) is 22.9 Å². The minimum atomic E-state index is -5.32. The van der Waals surface area contributed by atoms with Crippen molar-refractivity contribution in [1.82, 2.24) is 25.0 Å². The maximum Gasteiger partial charge on any atom is 0.424 e. The fraction of sp³-hybridized carbons (Fsp3) is 0.371. The van der Waals surface area contributed by atoms with Gasteiger partial charge in [0.1, 0.15) is 28.5 Å². The standard InChI is InChI=1S/C35H38F5N5O3Si/c1-32(2,3)49(7,8)48-33(4,5)25-18-28(42-31(29(25)37)21-11-13-24(36)14-12-21)34(46,35(38,39)40)20-45-19-26(43-44-45)23-16-22-10-9-15-41-30(22)27(17-23)47-6/h9-19,46H,20H2,1-8H3. The summed E-state index contributed by atoms with van der Waals surface area (Å²) >= 11 is 0. The summed E-state index contributed by atoms with van der Waals surface area (Å²) in [6.45, 7) is 11.8. The summed E-state index contributed by atoms with van der Waals surface area (Å²) in [7, 11) is -1.15. The van der Waals surface area contributed by atoms with E-state index in [-0.39, 0.29) is 21.9 Å². The molecule has 0 amide bonds. The van der Waals surface area contributed by atoms with Gasteiger partial charge in [-0.25, -0.2) is 18.4 Å². The maximum absolute atomic E-state index is 16.5. The molecule has 0 saturated carbocycles. The fourth-order valence-electron chi connectivity index (χ4n) is 5.35. The highest BCUT2D eigenvalue weighted by atomic mass is 28.4. The minimum absolute atomic E-state index is 0.0115. The Morgan fingerprint density at radius 1 is 0.918 bits per heavy atom. The van der Waals surface area contributed by atoms with E-state index in [9.17, 15) is 9.50 Å². The molecule has 0 bridgehead atoms. The number of pyridine rings is 2. The molecular weight excluding hydrogens is 661 g/mol. The summed E-state index contributed by atoms with van der Waals surface area (Å²) in [4.78, 5) is 8.36. The van der Waals surface area contributed by atoms with E-state index < -0.39 is 55.3 Å². The van der Waals surface area contributed by atoms with Crippen LogP contribution in [0.25, 0.3) is 33.4 Å². The molecule has 0 radical (unpaired) electrons. The molecule has 0 spiro atoms. The molecular formula is C35H38F5N5O3Si. The minimum Gasteiger partial charge on any atom is -0.494 e. The van der Waals surface area contributed by atoms with E-state index in [2.05, 4.69) is 20.3 Å². The average Bonchev–Trinajstić information content (AvgIpc) is 3.47. The third-order valence-electron chi connectivity index (χ3n) is 9.05. The van der Waals surface area contributed by atoms with E-state index in [1.54, 1.807) is 44.3 Å². The van der Waals surface area contributed by atoms with Gasteiger partial charge in [0.05, 0.1) is 31.1 Å². The van der Waals surface area contributed by atoms with Crippen LogP contribution >= 0.6 is 0 Å². The lowest BCUT2D eigenvalue weighted by Crippen LogP contribution is -2.48. The van der Waals surface area contributed by atoms with Crippen LogP contribution in [0.15, 0.2) is 67.0 Å². The van der Waals surface area contributed by atoms with Crippen LogP contribution in [0, 0.1) is 11.6 Å². The Labute approximate surface area is 282 Å². The van der Waals surface area contributed by atoms with Gasteiger partial charge in [-0.15, -0.1) is 5.10 Å². The molecule has 0 fully saturated rings. The Morgan fingerprint density at radius 2 is 1.59 bits per heavy atom. The monoisotopic (exact) mass is 699 g/mol. The zero-order valence-corrected chi connectivity index (χ0v) is 29.4. The number of alkyl halides is 3. The van der Waals surface area contributed by atoms with Gasteiger partial charge in [0, 0.05) is 28.3 Å². The molecule has 1 atom stereocenters. The van der Waals surface area contributed by atoms with Crippen molar-refractivity contribution in [2.24, 2.45) is 0 Å². The molecule has 0 saturated heterocycles. The summed E-state index contributed by atoms with van der Waals surface area (Å²) in [5.41, 5.74) is -5.48. The van der Waals surface area contributed by atoms with E-state index >= 15 is 17.6 Å². The first-order valence-corrected chi connectivity index (χ1v) is 18.4. The van der Waals surface area contributed by atoms with Gasteiger partial charge in [-0.2, -0.15) is 13.2 Å². The van der Waals surface area contributed by atoms with Crippen LogP contribution < -0.4 is 4.74 Å². The van der Waals surface area contributed by atoms with Gasteiger partial charge in [0.15, 0.2) is 14.1 Å². The van der Waals surface area contributed by atoms with Crippen LogP contribution in [0.1, 0.15) is 45.9 Å². The number of aromatic nitrogens is 5. The summed E-state index contributed by atoms with van der Waals surface area (Å²) in [6.07, 6.45) is -2.46. The molecule has 3 heterocycles. The molecule has 0 aliphatic carbocycles. The predicted molar refractivity (Wildman–Crippen MR) is 178 cm³/mol. The van der Waals surface area contributed by atoms with Crippen LogP contribution in [-0.2, 0) is 22.2 Å². The molecule has 8 nitrogen and oxygen atoms in total. The average molecular weight is 700 g/mol. The number of halogens is 5. The molecule has 0 aliphatic heterocycles. The predicted octanol–water partition coefficient (Wildman–Crippen LogP) is 8.55. The first-order valence-electron chi connectivity index (χ1n) is 15.5. The summed E-state index contributed by atoms with van der Waals surface area (Å²) < 4.78 is 88.4. The SMILES string of the molecule is COc1cc(-c2cn(CC(O)(c3cc(C(C)(C)O[Si](C)(C)C(C)(C)C)c(F)c(-c4ccc(F)cc4)n3)C(F)(F)F)nn2)cc2cccnc12. The van der Waals surface area contributed by atoms with Gasteiger partial charge >= 0.3 is 6.18 Å². The second kappa shape index (κ2) is 12.6. The Bertz CT molecular complexity index is 1990.